The molecule has 1 N–H and O–H groups in total. The van der Waals surface area contributed by atoms with Crippen LogP contribution < -0.4 is 5.32 Å². The molecule has 0 aliphatic carbocycles. The lowest BCUT2D eigenvalue weighted by molar-refractivity contribution is 0.0559. The first-order chi connectivity index (χ1) is 9.12. The van der Waals surface area contributed by atoms with Crippen LogP contribution in [-0.2, 0) is 6.54 Å². The molecule has 0 saturated carbocycles. The molecule has 1 aliphatic rings. The highest BCUT2D eigenvalue weighted by molar-refractivity contribution is 4.97. The van der Waals surface area contributed by atoms with Crippen molar-refractivity contribution < 1.29 is 4.52 Å². The summed E-state index contributed by atoms with van der Waals surface area (Å²) in [6, 6.07) is 0.554. The molecule has 1 fully saturated rings. The highest BCUT2D eigenvalue weighted by Gasteiger charge is 2.36. The average molecular weight is 266 g/mol. The first-order valence-corrected chi connectivity index (χ1v) is 7.40. The smallest absolute Gasteiger partial charge is 0.240 e. The van der Waals surface area contributed by atoms with E-state index in [9.17, 15) is 0 Å². The second-order valence-corrected chi connectivity index (χ2v) is 5.57. The molecule has 1 aromatic heterocycles. The second kappa shape index (κ2) is 6.01. The Morgan fingerprint density at radius 1 is 1.37 bits per heavy atom. The zero-order valence-corrected chi connectivity index (χ0v) is 12.6. The van der Waals surface area contributed by atoms with E-state index in [2.05, 4.69) is 41.1 Å². The topological polar surface area (TPSA) is 54.2 Å². The maximum atomic E-state index is 5.27. The van der Waals surface area contributed by atoms with E-state index in [0.29, 0.717) is 6.04 Å². The van der Waals surface area contributed by atoms with Gasteiger partial charge in [0.15, 0.2) is 5.82 Å². The van der Waals surface area contributed by atoms with Gasteiger partial charge in [-0.15, -0.1) is 0 Å². The zero-order valence-electron chi connectivity index (χ0n) is 12.6. The number of aryl methyl sites for hydroxylation is 1. The monoisotopic (exact) mass is 266 g/mol. The average Bonchev–Trinajstić information content (AvgIpc) is 2.84. The van der Waals surface area contributed by atoms with E-state index in [0.717, 1.165) is 50.6 Å². The maximum Gasteiger partial charge on any atom is 0.240 e. The van der Waals surface area contributed by atoms with Crippen molar-refractivity contribution in [3.8, 4) is 0 Å². The van der Waals surface area contributed by atoms with Gasteiger partial charge < -0.3 is 9.84 Å². The van der Waals surface area contributed by atoms with E-state index in [1.54, 1.807) is 0 Å². The van der Waals surface area contributed by atoms with E-state index < -0.39 is 0 Å². The number of nitrogens with one attached hydrogen (secondary N) is 1. The van der Waals surface area contributed by atoms with Crippen molar-refractivity contribution >= 4 is 0 Å². The Kier molecular flexibility index (Phi) is 4.58. The summed E-state index contributed by atoms with van der Waals surface area (Å²) in [6.45, 7) is 11.5. The molecule has 2 rings (SSSR count). The molecule has 0 spiro atoms. The van der Waals surface area contributed by atoms with Crippen molar-refractivity contribution in [1.82, 2.24) is 20.4 Å². The molecule has 0 radical (unpaired) electrons. The van der Waals surface area contributed by atoms with Crippen molar-refractivity contribution in [1.29, 1.82) is 0 Å². The van der Waals surface area contributed by atoms with Gasteiger partial charge in [0.25, 0.3) is 0 Å². The standard InChI is InChI=1S/C14H26N4O/c1-5-12-8-15-14(6-2,7-3)10-18(12)9-13-16-11(4)17-19-13/h12,15H,5-10H2,1-4H3. The van der Waals surface area contributed by atoms with Gasteiger partial charge in [-0.25, -0.2) is 0 Å². The number of nitrogens with zero attached hydrogens (tertiary/aromatic N) is 3. The van der Waals surface area contributed by atoms with Crippen LogP contribution in [0.2, 0.25) is 0 Å². The maximum absolute atomic E-state index is 5.27. The van der Waals surface area contributed by atoms with Crippen LogP contribution in [-0.4, -0.2) is 39.7 Å². The highest BCUT2D eigenvalue weighted by atomic mass is 16.5. The summed E-state index contributed by atoms with van der Waals surface area (Å²) < 4.78 is 5.27. The lowest BCUT2D eigenvalue weighted by atomic mass is 9.88. The molecule has 0 bridgehead atoms. The summed E-state index contributed by atoms with van der Waals surface area (Å²) in [5.41, 5.74) is 0.237. The number of piperazine rings is 1. The van der Waals surface area contributed by atoms with Gasteiger partial charge in [-0.2, -0.15) is 4.98 Å². The van der Waals surface area contributed by atoms with Crippen molar-refractivity contribution in [2.24, 2.45) is 0 Å². The van der Waals surface area contributed by atoms with E-state index in [-0.39, 0.29) is 5.54 Å². The number of hydrogen-bond donors (Lipinski definition) is 1. The van der Waals surface area contributed by atoms with Crippen molar-refractivity contribution in [2.45, 2.75) is 65.1 Å². The van der Waals surface area contributed by atoms with Crippen LogP contribution in [0.3, 0.4) is 0 Å². The minimum Gasteiger partial charge on any atom is -0.338 e. The van der Waals surface area contributed by atoms with Crippen LogP contribution in [0.5, 0.6) is 0 Å². The first-order valence-electron chi connectivity index (χ1n) is 7.40. The molecule has 19 heavy (non-hydrogen) atoms. The Bertz CT molecular complexity index is 400. The second-order valence-electron chi connectivity index (χ2n) is 5.57. The van der Waals surface area contributed by atoms with Crippen LogP contribution >= 0.6 is 0 Å². The zero-order chi connectivity index (χ0) is 13.9. The molecule has 5 heteroatoms. The molecule has 1 aliphatic heterocycles. The van der Waals surface area contributed by atoms with Crippen molar-refractivity contribution in [3.63, 3.8) is 0 Å². The SMILES string of the molecule is CCC1CNC(CC)(CC)CN1Cc1nc(C)no1. The summed E-state index contributed by atoms with van der Waals surface area (Å²) in [4.78, 5) is 6.83. The molecule has 108 valence electrons. The Morgan fingerprint density at radius 2 is 2.11 bits per heavy atom. The van der Waals surface area contributed by atoms with Gasteiger partial charge in [0.2, 0.25) is 5.89 Å². The Labute approximate surface area is 115 Å². The van der Waals surface area contributed by atoms with E-state index in [1.165, 1.54) is 0 Å². The third kappa shape index (κ3) is 3.15. The highest BCUT2D eigenvalue weighted by Crippen LogP contribution is 2.25. The predicted molar refractivity (Wildman–Crippen MR) is 74.8 cm³/mol. The molecule has 0 aromatic carbocycles. The van der Waals surface area contributed by atoms with Gasteiger partial charge in [0, 0.05) is 24.7 Å². The Balaban J connectivity index is 2.09. The predicted octanol–water partition coefficient (Wildman–Crippen LogP) is 2.12. The Hall–Kier alpha value is -0.940. The summed E-state index contributed by atoms with van der Waals surface area (Å²) in [6.07, 6.45) is 3.45. The van der Waals surface area contributed by atoms with Crippen LogP contribution in [0.4, 0.5) is 0 Å². The quantitative estimate of drug-likeness (QED) is 0.884. The molecule has 5 nitrogen and oxygen atoms in total. The van der Waals surface area contributed by atoms with Crippen molar-refractivity contribution in [2.75, 3.05) is 13.1 Å². The largest absolute Gasteiger partial charge is 0.338 e. The van der Waals surface area contributed by atoms with Crippen molar-refractivity contribution in [3.05, 3.63) is 11.7 Å². The van der Waals surface area contributed by atoms with E-state index >= 15 is 0 Å². The van der Waals surface area contributed by atoms with Crippen LogP contribution in [0.25, 0.3) is 0 Å². The van der Waals surface area contributed by atoms with Gasteiger partial charge in [-0.3, -0.25) is 4.90 Å². The molecular weight excluding hydrogens is 240 g/mol. The minimum absolute atomic E-state index is 0.237. The van der Waals surface area contributed by atoms with Gasteiger partial charge in [0.05, 0.1) is 6.54 Å². The molecule has 1 unspecified atom stereocenters. The van der Waals surface area contributed by atoms with Crippen LogP contribution in [0.15, 0.2) is 4.52 Å². The molecule has 0 amide bonds. The lowest BCUT2D eigenvalue weighted by Gasteiger charge is -2.47. The molecule has 1 atom stereocenters. The lowest BCUT2D eigenvalue weighted by Crippen LogP contribution is -2.63. The van der Waals surface area contributed by atoms with E-state index in [4.69, 9.17) is 4.52 Å². The van der Waals surface area contributed by atoms with Gasteiger partial charge in [-0.1, -0.05) is 25.9 Å². The van der Waals surface area contributed by atoms with Gasteiger partial charge in [-0.05, 0) is 26.2 Å². The first kappa shape index (κ1) is 14.5. The molecular formula is C14H26N4O. The molecule has 1 aromatic rings. The molecule has 2 heterocycles. The van der Waals surface area contributed by atoms with Crippen LogP contribution in [0, 0.1) is 6.92 Å². The molecule has 1 saturated heterocycles. The fraction of sp³-hybridized carbons (Fsp3) is 0.857. The number of hydrogen-bond acceptors (Lipinski definition) is 5. The fourth-order valence-corrected chi connectivity index (χ4v) is 2.93. The number of aromatic nitrogens is 2. The summed E-state index contributed by atoms with van der Waals surface area (Å²) in [5, 5.41) is 7.63. The normalized spacial score (nSPS) is 23.7. The summed E-state index contributed by atoms with van der Waals surface area (Å²) in [5.74, 6) is 1.45. The van der Waals surface area contributed by atoms with Crippen LogP contribution in [0.1, 0.15) is 51.7 Å². The summed E-state index contributed by atoms with van der Waals surface area (Å²) >= 11 is 0. The fourth-order valence-electron chi connectivity index (χ4n) is 2.93. The summed E-state index contributed by atoms with van der Waals surface area (Å²) in [7, 11) is 0. The van der Waals surface area contributed by atoms with Gasteiger partial charge >= 0.3 is 0 Å². The Morgan fingerprint density at radius 3 is 2.63 bits per heavy atom. The number of rotatable bonds is 5. The third-order valence-corrected chi connectivity index (χ3v) is 4.47. The van der Waals surface area contributed by atoms with E-state index in [1.807, 2.05) is 6.92 Å². The minimum atomic E-state index is 0.237. The van der Waals surface area contributed by atoms with Gasteiger partial charge in [0.1, 0.15) is 0 Å². The third-order valence-electron chi connectivity index (χ3n) is 4.47.